The third-order valence-electron chi connectivity index (χ3n) is 2.82. The number of nitrogens with one attached hydrogen (secondary N) is 2. The zero-order chi connectivity index (χ0) is 11.8. The van der Waals surface area contributed by atoms with Gasteiger partial charge in [0.1, 0.15) is 0 Å². The fourth-order valence-electron chi connectivity index (χ4n) is 2.01. The van der Waals surface area contributed by atoms with Crippen molar-refractivity contribution in [3.8, 4) is 0 Å². The van der Waals surface area contributed by atoms with Crippen LogP contribution in [0, 0.1) is 0 Å². The molecule has 0 unspecified atom stereocenters. The fraction of sp³-hybridized carbons (Fsp3) is 0.750. The largest absolute Gasteiger partial charge is 0.352 e. The predicted molar refractivity (Wildman–Crippen MR) is 70.6 cm³/mol. The van der Waals surface area contributed by atoms with E-state index in [9.17, 15) is 4.79 Å². The van der Waals surface area contributed by atoms with E-state index in [-0.39, 0.29) is 5.91 Å². The molecule has 1 fully saturated rings. The summed E-state index contributed by atoms with van der Waals surface area (Å²) in [5.74, 6) is 0.0978. The smallest absolute Gasteiger partial charge is 0.234 e. The van der Waals surface area contributed by atoms with Crippen LogP contribution in [0.5, 0.6) is 0 Å². The van der Waals surface area contributed by atoms with Gasteiger partial charge in [-0.2, -0.15) is 0 Å². The molecule has 1 rings (SSSR count). The Balaban J connectivity index is 2.14. The average molecular weight is 289 g/mol. The van der Waals surface area contributed by atoms with Crippen molar-refractivity contribution in [1.82, 2.24) is 10.6 Å². The molecule has 0 bridgehead atoms. The Kier molecular flexibility index (Phi) is 6.73. The Bertz CT molecular complexity index is 235. The predicted octanol–water partition coefficient (Wildman–Crippen LogP) is 2.32. The minimum atomic E-state index is 0.0978. The van der Waals surface area contributed by atoms with E-state index in [0.29, 0.717) is 19.1 Å². The van der Waals surface area contributed by atoms with Crippen LogP contribution in [-0.4, -0.2) is 25.0 Å². The summed E-state index contributed by atoms with van der Waals surface area (Å²) in [7, 11) is 0. The van der Waals surface area contributed by atoms with Crippen molar-refractivity contribution in [2.24, 2.45) is 0 Å². The van der Waals surface area contributed by atoms with Gasteiger partial charge in [0, 0.05) is 17.1 Å². The monoisotopic (exact) mass is 288 g/mol. The lowest BCUT2D eigenvalue weighted by Gasteiger charge is -2.16. The van der Waals surface area contributed by atoms with E-state index in [1.165, 1.54) is 25.7 Å². The van der Waals surface area contributed by atoms with Crippen LogP contribution in [0.25, 0.3) is 0 Å². The number of amides is 1. The van der Waals surface area contributed by atoms with Crippen LogP contribution in [0.15, 0.2) is 11.1 Å². The van der Waals surface area contributed by atoms with Gasteiger partial charge in [-0.15, -0.1) is 0 Å². The highest BCUT2D eigenvalue weighted by molar-refractivity contribution is 9.11. The van der Waals surface area contributed by atoms with Crippen molar-refractivity contribution in [3.05, 3.63) is 11.1 Å². The molecule has 0 radical (unpaired) electrons. The molecule has 2 N–H and O–H groups in total. The van der Waals surface area contributed by atoms with Gasteiger partial charge in [0.25, 0.3) is 0 Å². The lowest BCUT2D eigenvalue weighted by atomic mass is 10.1. The summed E-state index contributed by atoms with van der Waals surface area (Å²) in [6.45, 7) is 4.72. The minimum absolute atomic E-state index is 0.0978. The highest BCUT2D eigenvalue weighted by atomic mass is 79.9. The minimum Gasteiger partial charge on any atom is -0.352 e. The number of carbonyl (C=O) groups excluding carboxylic acids is 1. The molecule has 0 aromatic rings. The summed E-state index contributed by atoms with van der Waals surface area (Å²) >= 11 is 3.24. The van der Waals surface area contributed by atoms with Crippen molar-refractivity contribution in [1.29, 1.82) is 0 Å². The zero-order valence-corrected chi connectivity index (χ0v) is 11.3. The molecule has 4 heteroatoms. The second-order valence-electron chi connectivity index (χ2n) is 4.38. The molecule has 1 saturated carbocycles. The van der Waals surface area contributed by atoms with Crippen molar-refractivity contribution >= 4 is 21.8 Å². The lowest BCUT2D eigenvalue weighted by molar-refractivity contribution is -0.121. The van der Waals surface area contributed by atoms with Gasteiger partial charge < -0.3 is 10.6 Å². The highest BCUT2D eigenvalue weighted by Crippen LogP contribution is 2.16. The molecule has 1 amide bonds. The van der Waals surface area contributed by atoms with Crippen LogP contribution in [0.4, 0.5) is 0 Å². The fourth-order valence-corrected chi connectivity index (χ4v) is 2.21. The summed E-state index contributed by atoms with van der Waals surface area (Å²) in [6, 6.07) is 0.393. The van der Waals surface area contributed by atoms with Crippen LogP contribution in [0.1, 0.15) is 38.5 Å². The summed E-state index contributed by atoms with van der Waals surface area (Å²) in [6.07, 6.45) is 7.39. The Labute approximate surface area is 106 Å². The number of carbonyl (C=O) groups is 1. The number of hydrogen-bond acceptors (Lipinski definition) is 2. The number of halogens is 1. The maximum absolute atomic E-state index is 11.6. The topological polar surface area (TPSA) is 41.1 Å². The van der Waals surface area contributed by atoms with Crippen LogP contribution >= 0.6 is 15.9 Å². The number of rotatable bonds is 5. The van der Waals surface area contributed by atoms with Crippen LogP contribution < -0.4 is 10.6 Å². The summed E-state index contributed by atoms with van der Waals surface area (Å²) < 4.78 is 0.870. The molecule has 92 valence electrons. The molecule has 0 aliphatic heterocycles. The van der Waals surface area contributed by atoms with E-state index < -0.39 is 0 Å². The Morgan fingerprint density at radius 1 is 1.19 bits per heavy atom. The van der Waals surface area contributed by atoms with Crippen LogP contribution in [0.2, 0.25) is 0 Å². The zero-order valence-electron chi connectivity index (χ0n) is 9.73. The average Bonchev–Trinajstić information content (AvgIpc) is 2.45. The van der Waals surface area contributed by atoms with E-state index in [1.54, 1.807) is 0 Å². The molecule has 3 nitrogen and oxygen atoms in total. The SMILES string of the molecule is C=C(Br)CNCC(=O)NC1CCCCCC1. The summed E-state index contributed by atoms with van der Waals surface area (Å²) in [4.78, 5) is 11.6. The van der Waals surface area contributed by atoms with Crippen molar-refractivity contribution in [3.63, 3.8) is 0 Å². The molecule has 0 aromatic carbocycles. The third kappa shape index (κ3) is 6.28. The number of hydrogen-bond donors (Lipinski definition) is 2. The Hall–Kier alpha value is -0.350. The van der Waals surface area contributed by atoms with E-state index in [4.69, 9.17) is 0 Å². The standard InChI is InChI=1S/C12H21BrN2O/c1-10(13)8-14-9-12(16)15-11-6-4-2-3-5-7-11/h11,14H,1-9H2,(H,15,16). The lowest BCUT2D eigenvalue weighted by Crippen LogP contribution is -2.40. The third-order valence-corrected chi connectivity index (χ3v) is 3.10. The first kappa shape index (κ1) is 13.7. The normalized spacial score (nSPS) is 17.8. The molecular formula is C12H21BrN2O. The van der Waals surface area contributed by atoms with Gasteiger partial charge in [0.05, 0.1) is 6.54 Å². The molecule has 1 aliphatic carbocycles. The van der Waals surface area contributed by atoms with Gasteiger partial charge in [-0.25, -0.2) is 0 Å². The van der Waals surface area contributed by atoms with Gasteiger partial charge in [-0.3, -0.25) is 4.79 Å². The highest BCUT2D eigenvalue weighted by Gasteiger charge is 2.13. The van der Waals surface area contributed by atoms with Crippen molar-refractivity contribution < 1.29 is 4.79 Å². The van der Waals surface area contributed by atoms with Gasteiger partial charge in [-0.1, -0.05) is 48.2 Å². The van der Waals surface area contributed by atoms with E-state index in [0.717, 1.165) is 17.3 Å². The quantitative estimate of drug-likeness (QED) is 0.763. The first-order valence-corrected chi connectivity index (χ1v) is 6.81. The van der Waals surface area contributed by atoms with Gasteiger partial charge in [0.2, 0.25) is 5.91 Å². The second-order valence-corrected chi connectivity index (χ2v) is 5.50. The first-order chi connectivity index (χ1) is 7.68. The van der Waals surface area contributed by atoms with Crippen molar-refractivity contribution in [2.45, 2.75) is 44.6 Å². The summed E-state index contributed by atoms with van der Waals surface area (Å²) in [5.41, 5.74) is 0. The van der Waals surface area contributed by atoms with Gasteiger partial charge in [0.15, 0.2) is 0 Å². The molecule has 0 heterocycles. The molecule has 0 aromatic heterocycles. The van der Waals surface area contributed by atoms with Crippen LogP contribution in [0.3, 0.4) is 0 Å². The molecule has 0 atom stereocenters. The molecule has 0 saturated heterocycles. The first-order valence-electron chi connectivity index (χ1n) is 6.02. The van der Waals surface area contributed by atoms with E-state index in [1.807, 2.05) is 0 Å². The van der Waals surface area contributed by atoms with Gasteiger partial charge >= 0.3 is 0 Å². The maximum atomic E-state index is 11.6. The second kappa shape index (κ2) is 7.85. The van der Waals surface area contributed by atoms with E-state index >= 15 is 0 Å². The van der Waals surface area contributed by atoms with Crippen molar-refractivity contribution in [2.75, 3.05) is 13.1 Å². The Morgan fingerprint density at radius 3 is 2.38 bits per heavy atom. The molecule has 16 heavy (non-hydrogen) atoms. The van der Waals surface area contributed by atoms with Gasteiger partial charge in [-0.05, 0) is 12.8 Å². The van der Waals surface area contributed by atoms with E-state index in [2.05, 4.69) is 33.1 Å². The summed E-state index contributed by atoms with van der Waals surface area (Å²) in [5, 5.41) is 6.12. The molecular weight excluding hydrogens is 268 g/mol. The maximum Gasteiger partial charge on any atom is 0.234 e. The Morgan fingerprint density at radius 2 is 1.81 bits per heavy atom. The molecule has 0 spiro atoms. The van der Waals surface area contributed by atoms with Crippen LogP contribution in [-0.2, 0) is 4.79 Å². The molecule has 1 aliphatic rings.